The molecule has 0 aromatic carbocycles. The molecule has 110 valence electrons. The lowest BCUT2D eigenvalue weighted by Crippen LogP contribution is -2.08. The summed E-state index contributed by atoms with van der Waals surface area (Å²) in [5, 5.41) is 8.58. The maximum atomic E-state index is 5.79. The summed E-state index contributed by atoms with van der Waals surface area (Å²) < 4.78 is 1.81. The van der Waals surface area contributed by atoms with Crippen molar-refractivity contribution in [1.82, 2.24) is 19.7 Å². The maximum absolute atomic E-state index is 5.79. The molecule has 0 unspecified atom stereocenters. The van der Waals surface area contributed by atoms with Crippen LogP contribution in [0.3, 0.4) is 0 Å². The normalized spacial score (nSPS) is 11.1. The van der Waals surface area contributed by atoms with Gasteiger partial charge in [-0.15, -0.1) is 11.3 Å². The fourth-order valence-corrected chi connectivity index (χ4v) is 3.20. The van der Waals surface area contributed by atoms with E-state index in [1.54, 1.807) is 11.3 Å². The second-order valence-corrected chi connectivity index (χ2v) is 6.03. The highest BCUT2D eigenvalue weighted by molar-refractivity contribution is 7.18. The predicted molar refractivity (Wildman–Crippen MR) is 86.6 cm³/mol. The Labute approximate surface area is 127 Å². The lowest BCUT2D eigenvalue weighted by molar-refractivity contribution is 0.767. The highest BCUT2D eigenvalue weighted by Gasteiger charge is 2.10. The predicted octanol–water partition coefficient (Wildman–Crippen LogP) is 2.22. The van der Waals surface area contributed by atoms with Crippen molar-refractivity contribution in [1.29, 1.82) is 0 Å². The molecule has 3 rings (SSSR count). The summed E-state index contributed by atoms with van der Waals surface area (Å²) in [5.41, 5.74) is 6.99. The van der Waals surface area contributed by atoms with Crippen molar-refractivity contribution in [3.8, 4) is 0 Å². The average molecular weight is 302 g/mol. The van der Waals surface area contributed by atoms with Crippen molar-refractivity contribution in [3.63, 3.8) is 0 Å². The zero-order chi connectivity index (χ0) is 14.8. The summed E-state index contributed by atoms with van der Waals surface area (Å²) in [6, 6.07) is 2.14. The van der Waals surface area contributed by atoms with Crippen LogP contribution in [0.1, 0.15) is 17.4 Å². The van der Waals surface area contributed by atoms with E-state index in [0.29, 0.717) is 5.95 Å². The van der Waals surface area contributed by atoms with Crippen molar-refractivity contribution in [2.75, 3.05) is 17.6 Å². The van der Waals surface area contributed by atoms with Crippen LogP contribution in [0.4, 0.5) is 11.8 Å². The Morgan fingerprint density at radius 1 is 1.38 bits per heavy atom. The molecule has 0 bridgehead atoms. The van der Waals surface area contributed by atoms with Gasteiger partial charge in [0, 0.05) is 24.7 Å². The van der Waals surface area contributed by atoms with Gasteiger partial charge >= 0.3 is 0 Å². The minimum absolute atomic E-state index is 0.316. The molecule has 0 saturated carbocycles. The number of nitrogens with two attached hydrogens (primary N) is 1. The summed E-state index contributed by atoms with van der Waals surface area (Å²) in [5.74, 6) is 1.13. The molecule has 0 atom stereocenters. The number of anilines is 2. The lowest BCUT2D eigenvalue weighted by Gasteiger charge is -2.06. The summed E-state index contributed by atoms with van der Waals surface area (Å²) >= 11 is 1.67. The van der Waals surface area contributed by atoms with Gasteiger partial charge in [-0.3, -0.25) is 4.68 Å². The monoisotopic (exact) mass is 302 g/mol. The lowest BCUT2D eigenvalue weighted by atomic mass is 10.2. The number of nitrogens with zero attached hydrogens (tertiary/aromatic N) is 4. The van der Waals surface area contributed by atoms with Crippen LogP contribution < -0.4 is 11.1 Å². The molecule has 0 spiro atoms. The van der Waals surface area contributed by atoms with E-state index in [2.05, 4.69) is 33.4 Å². The van der Waals surface area contributed by atoms with Gasteiger partial charge in [-0.2, -0.15) is 10.1 Å². The quantitative estimate of drug-likeness (QED) is 0.755. The first kappa shape index (κ1) is 13.8. The first-order valence-electron chi connectivity index (χ1n) is 6.93. The van der Waals surface area contributed by atoms with E-state index in [1.807, 2.05) is 24.1 Å². The van der Waals surface area contributed by atoms with Gasteiger partial charge in [0.15, 0.2) is 0 Å². The van der Waals surface area contributed by atoms with E-state index in [0.717, 1.165) is 35.4 Å². The zero-order valence-electron chi connectivity index (χ0n) is 12.1. The van der Waals surface area contributed by atoms with E-state index in [4.69, 9.17) is 5.73 Å². The number of hydrogen-bond acceptors (Lipinski definition) is 6. The Morgan fingerprint density at radius 2 is 2.24 bits per heavy atom. The number of fused-ring (bicyclic) bond motifs is 1. The van der Waals surface area contributed by atoms with Gasteiger partial charge in [0.05, 0.1) is 11.6 Å². The molecule has 0 radical (unpaired) electrons. The van der Waals surface area contributed by atoms with E-state index >= 15 is 0 Å². The molecule has 3 aromatic heterocycles. The third kappa shape index (κ3) is 2.97. The number of hydrogen-bond donors (Lipinski definition) is 2. The fraction of sp³-hybridized carbons (Fsp3) is 0.357. The van der Waals surface area contributed by atoms with Crippen LogP contribution in [0.2, 0.25) is 0 Å². The molecular formula is C14H18N6S. The number of nitrogen functional groups attached to an aromatic ring is 1. The van der Waals surface area contributed by atoms with E-state index in [9.17, 15) is 0 Å². The number of thiophene rings is 1. The Morgan fingerprint density at radius 3 is 2.95 bits per heavy atom. The van der Waals surface area contributed by atoms with Crippen molar-refractivity contribution < 1.29 is 0 Å². The highest BCUT2D eigenvalue weighted by atomic mass is 32.1. The minimum Gasteiger partial charge on any atom is -0.369 e. The van der Waals surface area contributed by atoms with Crippen LogP contribution in [0.25, 0.3) is 10.2 Å². The highest BCUT2D eigenvalue weighted by Crippen LogP contribution is 2.29. The van der Waals surface area contributed by atoms with Crippen LogP contribution >= 0.6 is 11.3 Å². The molecule has 21 heavy (non-hydrogen) atoms. The van der Waals surface area contributed by atoms with Crippen molar-refractivity contribution in [3.05, 3.63) is 28.9 Å². The Balaban J connectivity index is 1.77. The molecule has 0 aliphatic heterocycles. The van der Waals surface area contributed by atoms with E-state index in [-0.39, 0.29) is 0 Å². The second kappa shape index (κ2) is 5.69. The van der Waals surface area contributed by atoms with Gasteiger partial charge in [-0.05, 0) is 24.5 Å². The molecule has 3 heterocycles. The summed E-state index contributed by atoms with van der Waals surface area (Å²) in [6.07, 6.45) is 5.79. The smallest absolute Gasteiger partial charge is 0.223 e. The largest absolute Gasteiger partial charge is 0.369 e. The molecule has 0 aliphatic rings. The van der Waals surface area contributed by atoms with E-state index < -0.39 is 0 Å². The minimum atomic E-state index is 0.316. The molecule has 6 nitrogen and oxygen atoms in total. The van der Waals surface area contributed by atoms with Crippen LogP contribution in [0, 0.1) is 0 Å². The standard InChI is InChI=1S/C14H18N6S/c1-3-10-6-11-12(18-14(15)19-13(11)21-10)16-5-4-9-7-17-20(2)8-9/h6-8H,3-5H2,1-2H3,(H3,15,16,18,19). The number of aromatic nitrogens is 4. The van der Waals surface area contributed by atoms with Crippen molar-refractivity contribution >= 4 is 33.3 Å². The molecule has 0 amide bonds. The average Bonchev–Trinajstić information content (AvgIpc) is 3.04. The van der Waals surface area contributed by atoms with Crippen molar-refractivity contribution in [2.45, 2.75) is 19.8 Å². The van der Waals surface area contributed by atoms with Gasteiger partial charge in [0.25, 0.3) is 0 Å². The molecule has 0 aliphatic carbocycles. The Bertz CT molecular complexity index is 760. The first-order valence-corrected chi connectivity index (χ1v) is 7.74. The second-order valence-electron chi connectivity index (χ2n) is 4.91. The van der Waals surface area contributed by atoms with Gasteiger partial charge in [-0.25, -0.2) is 4.98 Å². The van der Waals surface area contributed by atoms with Gasteiger partial charge in [-0.1, -0.05) is 6.92 Å². The molecule has 3 N–H and O–H groups in total. The first-order chi connectivity index (χ1) is 10.2. The van der Waals surface area contributed by atoms with Crippen LogP contribution in [-0.2, 0) is 19.9 Å². The van der Waals surface area contributed by atoms with Crippen LogP contribution in [0.5, 0.6) is 0 Å². The topological polar surface area (TPSA) is 81.7 Å². The molecule has 0 saturated heterocycles. The number of rotatable bonds is 5. The Kier molecular flexibility index (Phi) is 3.74. The third-order valence-electron chi connectivity index (χ3n) is 3.27. The van der Waals surface area contributed by atoms with Gasteiger partial charge < -0.3 is 11.1 Å². The Hall–Kier alpha value is -2.15. The summed E-state index contributed by atoms with van der Waals surface area (Å²) in [4.78, 5) is 10.9. The zero-order valence-corrected chi connectivity index (χ0v) is 12.9. The van der Waals surface area contributed by atoms with Gasteiger partial charge in [0.2, 0.25) is 5.95 Å². The molecule has 7 heteroatoms. The van der Waals surface area contributed by atoms with Crippen LogP contribution in [0.15, 0.2) is 18.5 Å². The van der Waals surface area contributed by atoms with Crippen molar-refractivity contribution in [2.24, 2.45) is 7.05 Å². The van der Waals surface area contributed by atoms with Crippen LogP contribution in [-0.4, -0.2) is 26.3 Å². The SMILES string of the molecule is CCc1cc2c(NCCc3cnn(C)c3)nc(N)nc2s1. The van der Waals surface area contributed by atoms with E-state index in [1.165, 1.54) is 10.4 Å². The summed E-state index contributed by atoms with van der Waals surface area (Å²) in [6.45, 7) is 2.92. The third-order valence-corrected chi connectivity index (χ3v) is 4.45. The molecule has 3 aromatic rings. The number of nitrogens with one attached hydrogen (secondary N) is 1. The number of aryl methyl sites for hydroxylation is 2. The molecule has 0 fully saturated rings. The summed E-state index contributed by atoms with van der Waals surface area (Å²) in [7, 11) is 1.92. The fourth-order valence-electron chi connectivity index (χ4n) is 2.22. The maximum Gasteiger partial charge on any atom is 0.223 e. The van der Waals surface area contributed by atoms with Gasteiger partial charge in [0.1, 0.15) is 10.6 Å². The molecular weight excluding hydrogens is 284 g/mol.